The highest BCUT2D eigenvalue weighted by atomic mass is 32.1. The molecule has 2 N–H and O–H groups in total. The fraction of sp³-hybridized carbons (Fsp3) is 0.562. The van der Waals surface area contributed by atoms with Crippen molar-refractivity contribution < 1.29 is 15.0 Å². The van der Waals surface area contributed by atoms with Gasteiger partial charge in [0.15, 0.2) is 0 Å². The van der Waals surface area contributed by atoms with Crippen LogP contribution in [0.2, 0.25) is 0 Å². The van der Waals surface area contributed by atoms with Crippen LogP contribution < -0.4 is 0 Å². The molecule has 2 aromatic heterocycles. The Bertz CT molecular complexity index is 742. The number of aryl methyl sites for hydroxylation is 1. The maximum absolute atomic E-state index is 12.8. The fourth-order valence-electron chi connectivity index (χ4n) is 2.83. The Morgan fingerprint density at radius 2 is 2.24 bits per heavy atom. The van der Waals surface area contributed by atoms with E-state index in [4.69, 9.17) is 5.11 Å². The SMILES string of the molecule is CN(C)Cc1nc(C(=O)N2CCCn3nc([C@@H](O)CO)cc3C2)cs1. The van der Waals surface area contributed by atoms with Gasteiger partial charge in [0.2, 0.25) is 0 Å². The average molecular weight is 365 g/mol. The predicted octanol–water partition coefficient (Wildman–Crippen LogP) is 0.473. The number of nitrogens with zero attached hydrogens (tertiary/aromatic N) is 5. The van der Waals surface area contributed by atoms with Crippen LogP contribution in [-0.2, 0) is 19.6 Å². The molecule has 0 aromatic carbocycles. The molecule has 0 saturated heterocycles. The summed E-state index contributed by atoms with van der Waals surface area (Å²) in [4.78, 5) is 21.0. The molecule has 9 heteroatoms. The minimum atomic E-state index is -0.990. The van der Waals surface area contributed by atoms with Gasteiger partial charge in [-0.05, 0) is 26.6 Å². The molecule has 1 amide bonds. The molecule has 3 heterocycles. The van der Waals surface area contributed by atoms with Gasteiger partial charge in [0.25, 0.3) is 5.91 Å². The second-order valence-electron chi connectivity index (χ2n) is 6.43. The molecule has 0 aliphatic carbocycles. The number of rotatable bonds is 5. The van der Waals surface area contributed by atoms with E-state index in [1.165, 1.54) is 11.3 Å². The van der Waals surface area contributed by atoms with Gasteiger partial charge in [-0.3, -0.25) is 9.48 Å². The van der Waals surface area contributed by atoms with E-state index in [0.29, 0.717) is 37.6 Å². The lowest BCUT2D eigenvalue weighted by molar-refractivity contribution is 0.0740. The number of amides is 1. The Hall–Kier alpha value is -1.81. The highest BCUT2D eigenvalue weighted by molar-refractivity contribution is 7.09. The summed E-state index contributed by atoms with van der Waals surface area (Å²) in [5.41, 5.74) is 1.77. The van der Waals surface area contributed by atoms with Gasteiger partial charge in [-0.25, -0.2) is 4.98 Å². The lowest BCUT2D eigenvalue weighted by Gasteiger charge is -2.18. The standard InChI is InChI=1S/C16H23N5O3S/c1-19(2)8-15-17-13(10-25-15)16(24)20-4-3-5-21-11(7-20)6-12(18-21)14(23)9-22/h6,10,14,22-23H,3-5,7-9H2,1-2H3/t14-/m0/s1. The van der Waals surface area contributed by atoms with Gasteiger partial charge in [-0.2, -0.15) is 5.10 Å². The number of hydrogen-bond acceptors (Lipinski definition) is 7. The molecule has 2 aromatic rings. The Morgan fingerprint density at radius 1 is 1.44 bits per heavy atom. The summed E-state index contributed by atoms with van der Waals surface area (Å²) in [6.45, 7) is 2.09. The van der Waals surface area contributed by atoms with E-state index in [2.05, 4.69) is 10.1 Å². The number of fused-ring (bicyclic) bond motifs is 1. The Morgan fingerprint density at radius 3 is 2.96 bits per heavy atom. The summed E-state index contributed by atoms with van der Waals surface area (Å²) >= 11 is 1.49. The number of carbonyl (C=O) groups excluding carboxylic acids is 1. The molecule has 8 nitrogen and oxygen atoms in total. The van der Waals surface area contributed by atoms with Crippen LogP contribution in [0.4, 0.5) is 0 Å². The topological polar surface area (TPSA) is 94.7 Å². The molecule has 1 aliphatic rings. The largest absolute Gasteiger partial charge is 0.393 e. The number of aromatic nitrogens is 3. The van der Waals surface area contributed by atoms with Crippen LogP contribution in [-0.4, -0.2) is 67.9 Å². The molecule has 0 fully saturated rings. The molecule has 136 valence electrons. The van der Waals surface area contributed by atoms with E-state index in [9.17, 15) is 9.90 Å². The van der Waals surface area contributed by atoms with Gasteiger partial charge in [0, 0.05) is 25.0 Å². The van der Waals surface area contributed by atoms with E-state index in [1.54, 1.807) is 15.6 Å². The van der Waals surface area contributed by atoms with Crippen molar-refractivity contribution >= 4 is 17.2 Å². The number of hydrogen-bond donors (Lipinski definition) is 2. The summed E-state index contributed by atoms with van der Waals surface area (Å²) in [6, 6.07) is 1.75. The molecule has 3 rings (SSSR count). The molecule has 25 heavy (non-hydrogen) atoms. The van der Waals surface area contributed by atoms with Crippen LogP contribution in [0.15, 0.2) is 11.4 Å². The zero-order valence-corrected chi connectivity index (χ0v) is 15.2. The van der Waals surface area contributed by atoms with Crippen molar-refractivity contribution in [3.8, 4) is 0 Å². The van der Waals surface area contributed by atoms with Crippen molar-refractivity contribution in [1.82, 2.24) is 24.6 Å². The molecule has 1 atom stereocenters. The number of aliphatic hydroxyl groups is 2. The molecule has 0 saturated carbocycles. The first-order chi connectivity index (χ1) is 12.0. The third kappa shape index (κ3) is 4.06. The second-order valence-corrected chi connectivity index (χ2v) is 7.37. The molecule has 0 bridgehead atoms. The molecule has 0 spiro atoms. The van der Waals surface area contributed by atoms with E-state index in [0.717, 1.165) is 17.1 Å². The summed E-state index contributed by atoms with van der Waals surface area (Å²) < 4.78 is 1.81. The van der Waals surface area contributed by atoms with Gasteiger partial charge in [0.1, 0.15) is 16.8 Å². The maximum Gasteiger partial charge on any atom is 0.273 e. The van der Waals surface area contributed by atoms with Gasteiger partial charge in [-0.1, -0.05) is 0 Å². The number of thiazole rings is 1. The molecule has 0 unspecified atom stereocenters. The Kier molecular flexibility index (Phi) is 5.48. The van der Waals surface area contributed by atoms with Crippen molar-refractivity contribution in [2.45, 2.75) is 32.2 Å². The number of carbonyl (C=O) groups is 1. The van der Waals surface area contributed by atoms with Crippen molar-refractivity contribution in [2.24, 2.45) is 0 Å². The zero-order chi connectivity index (χ0) is 18.0. The van der Waals surface area contributed by atoms with E-state index in [1.807, 2.05) is 24.4 Å². The average Bonchev–Trinajstić information content (AvgIpc) is 3.15. The first-order valence-corrected chi connectivity index (χ1v) is 9.10. The maximum atomic E-state index is 12.8. The van der Waals surface area contributed by atoms with Crippen LogP contribution in [0.1, 0.15) is 39.4 Å². The molecular weight excluding hydrogens is 342 g/mol. The van der Waals surface area contributed by atoms with Crippen molar-refractivity contribution in [3.05, 3.63) is 33.5 Å². The molecule has 0 radical (unpaired) electrons. The summed E-state index contributed by atoms with van der Waals surface area (Å²) in [5.74, 6) is -0.0832. The third-order valence-corrected chi connectivity index (χ3v) is 4.89. The van der Waals surface area contributed by atoms with Crippen LogP contribution >= 0.6 is 11.3 Å². The van der Waals surface area contributed by atoms with Crippen molar-refractivity contribution in [2.75, 3.05) is 27.2 Å². The highest BCUT2D eigenvalue weighted by Crippen LogP contribution is 2.20. The van der Waals surface area contributed by atoms with Crippen LogP contribution in [0, 0.1) is 0 Å². The van der Waals surface area contributed by atoms with Gasteiger partial charge in [0.05, 0.1) is 24.5 Å². The number of aliphatic hydroxyl groups excluding tert-OH is 2. The minimum Gasteiger partial charge on any atom is -0.393 e. The first-order valence-electron chi connectivity index (χ1n) is 8.22. The van der Waals surface area contributed by atoms with E-state index in [-0.39, 0.29) is 12.5 Å². The second kappa shape index (κ2) is 7.61. The quantitative estimate of drug-likeness (QED) is 0.800. The summed E-state index contributed by atoms with van der Waals surface area (Å²) in [7, 11) is 3.94. The van der Waals surface area contributed by atoms with Crippen LogP contribution in [0.3, 0.4) is 0 Å². The predicted molar refractivity (Wildman–Crippen MR) is 93.1 cm³/mol. The first kappa shape index (κ1) is 18.0. The Labute approximate surface area is 150 Å². The van der Waals surface area contributed by atoms with Crippen molar-refractivity contribution in [1.29, 1.82) is 0 Å². The Balaban J connectivity index is 1.75. The monoisotopic (exact) mass is 365 g/mol. The third-order valence-electron chi connectivity index (χ3n) is 4.06. The van der Waals surface area contributed by atoms with Crippen LogP contribution in [0.5, 0.6) is 0 Å². The van der Waals surface area contributed by atoms with Gasteiger partial charge < -0.3 is 20.0 Å². The lowest BCUT2D eigenvalue weighted by atomic mass is 10.2. The highest BCUT2D eigenvalue weighted by Gasteiger charge is 2.24. The van der Waals surface area contributed by atoms with Crippen molar-refractivity contribution in [3.63, 3.8) is 0 Å². The normalized spacial score (nSPS) is 16.0. The van der Waals surface area contributed by atoms with Gasteiger partial charge in [-0.15, -0.1) is 11.3 Å². The lowest BCUT2D eigenvalue weighted by Crippen LogP contribution is -2.31. The zero-order valence-electron chi connectivity index (χ0n) is 14.4. The summed E-state index contributed by atoms with van der Waals surface area (Å²) in [5, 5.41) is 25.9. The van der Waals surface area contributed by atoms with Crippen LogP contribution in [0.25, 0.3) is 0 Å². The molecule has 1 aliphatic heterocycles. The van der Waals surface area contributed by atoms with E-state index >= 15 is 0 Å². The fourth-order valence-corrected chi connectivity index (χ4v) is 3.71. The minimum absolute atomic E-state index is 0.0832. The molecular formula is C16H23N5O3S. The van der Waals surface area contributed by atoms with E-state index < -0.39 is 6.10 Å². The summed E-state index contributed by atoms with van der Waals surface area (Å²) in [6.07, 6.45) is -0.209. The smallest absolute Gasteiger partial charge is 0.273 e. The van der Waals surface area contributed by atoms with Gasteiger partial charge >= 0.3 is 0 Å².